The molecule has 0 bridgehead atoms. The van der Waals surface area contributed by atoms with Gasteiger partial charge in [0.25, 0.3) is 5.91 Å². The van der Waals surface area contributed by atoms with Gasteiger partial charge < -0.3 is 18.8 Å². The molecule has 156 valence electrons. The van der Waals surface area contributed by atoms with E-state index in [-0.39, 0.29) is 11.9 Å². The first-order valence-electron chi connectivity index (χ1n) is 10.0. The zero-order valence-electron chi connectivity index (χ0n) is 17.6. The molecular formula is C23H29NO5. The Hall–Kier alpha value is -2.76. The third-order valence-electron chi connectivity index (χ3n) is 5.52. The Morgan fingerprint density at radius 1 is 1.24 bits per heavy atom. The molecule has 1 saturated heterocycles. The molecular weight excluding hydrogens is 370 g/mol. The lowest BCUT2D eigenvalue weighted by Gasteiger charge is -2.41. The summed E-state index contributed by atoms with van der Waals surface area (Å²) in [4.78, 5) is 28.0. The summed E-state index contributed by atoms with van der Waals surface area (Å²) in [5.41, 5.74) is 0.772. The number of nitrogens with zero attached hydrogens (tertiary/aromatic N) is 1. The number of furan rings is 1. The van der Waals surface area contributed by atoms with Crippen molar-refractivity contribution < 1.29 is 23.5 Å². The highest BCUT2D eigenvalue weighted by molar-refractivity contribution is 5.96. The summed E-state index contributed by atoms with van der Waals surface area (Å²) in [6, 6.07) is 9.47. The maximum atomic E-state index is 13.1. The Kier molecular flexibility index (Phi) is 6.30. The minimum Gasteiger partial charge on any atom is -0.497 e. The van der Waals surface area contributed by atoms with Gasteiger partial charge in [-0.3, -0.25) is 9.59 Å². The molecule has 0 N–H and O–H groups in total. The topological polar surface area (TPSA) is 69.0 Å². The third kappa shape index (κ3) is 4.47. The zero-order valence-corrected chi connectivity index (χ0v) is 17.6. The summed E-state index contributed by atoms with van der Waals surface area (Å²) in [5.74, 6) is 1.71. The van der Waals surface area contributed by atoms with Crippen LogP contribution in [0, 0.1) is 19.3 Å². The molecule has 3 rings (SSSR count). The van der Waals surface area contributed by atoms with Crippen molar-refractivity contribution in [2.75, 3.05) is 26.8 Å². The van der Waals surface area contributed by atoms with E-state index in [0.717, 1.165) is 17.7 Å². The molecule has 0 unspecified atom stereocenters. The number of carbonyl (C=O) groups excluding carboxylic acids is 2. The van der Waals surface area contributed by atoms with Crippen LogP contribution in [0.15, 0.2) is 34.7 Å². The summed E-state index contributed by atoms with van der Waals surface area (Å²) in [5, 5.41) is 0. The van der Waals surface area contributed by atoms with Crippen LogP contribution in [0.1, 0.15) is 47.2 Å². The largest absolute Gasteiger partial charge is 0.497 e. The number of hydrogen-bond acceptors (Lipinski definition) is 5. The van der Waals surface area contributed by atoms with Crippen LogP contribution in [0.3, 0.4) is 0 Å². The number of esters is 1. The van der Waals surface area contributed by atoms with Gasteiger partial charge in [0.1, 0.15) is 17.3 Å². The number of likely N-dealkylation sites (tertiary alicyclic amines) is 1. The number of hydrogen-bond donors (Lipinski definition) is 0. The molecule has 1 aliphatic heterocycles. The molecule has 1 atom stereocenters. The molecule has 1 fully saturated rings. The number of aryl methyl sites for hydroxylation is 2. The van der Waals surface area contributed by atoms with Crippen LogP contribution < -0.4 is 4.74 Å². The fourth-order valence-corrected chi connectivity index (χ4v) is 4.16. The standard InChI is InChI=1S/C23H29NO5/c1-5-28-22(26)23(14-18-8-6-9-19(13-18)27-4)10-7-11-24(15-23)21(25)20-12-16(2)29-17(20)3/h6,8-9,12-13H,5,7,10-11,14-15H2,1-4H3/t23-/m1/s1. The van der Waals surface area contributed by atoms with Gasteiger partial charge in [-0.05, 0) is 63.8 Å². The van der Waals surface area contributed by atoms with Crippen LogP contribution in [0.2, 0.25) is 0 Å². The predicted octanol–water partition coefficient (Wildman–Crippen LogP) is 3.93. The van der Waals surface area contributed by atoms with Crippen molar-refractivity contribution in [1.29, 1.82) is 0 Å². The molecule has 0 aliphatic carbocycles. The number of amides is 1. The van der Waals surface area contributed by atoms with E-state index in [4.69, 9.17) is 13.9 Å². The van der Waals surface area contributed by atoms with E-state index >= 15 is 0 Å². The van der Waals surface area contributed by atoms with Gasteiger partial charge in [0, 0.05) is 13.1 Å². The van der Waals surface area contributed by atoms with E-state index in [1.165, 1.54) is 0 Å². The molecule has 2 aromatic rings. The minimum absolute atomic E-state index is 0.0987. The van der Waals surface area contributed by atoms with Crippen molar-refractivity contribution in [2.24, 2.45) is 5.41 Å². The fourth-order valence-electron chi connectivity index (χ4n) is 4.16. The van der Waals surface area contributed by atoms with Crippen LogP contribution in [0.25, 0.3) is 0 Å². The lowest BCUT2D eigenvalue weighted by molar-refractivity contribution is -0.158. The summed E-state index contributed by atoms with van der Waals surface area (Å²) < 4.78 is 16.3. The Balaban J connectivity index is 1.90. The SMILES string of the molecule is CCOC(=O)[C@@]1(Cc2cccc(OC)c2)CCCN(C(=O)c2cc(C)oc2C)C1. The molecule has 1 aromatic heterocycles. The van der Waals surface area contributed by atoms with E-state index in [1.54, 1.807) is 31.9 Å². The Labute approximate surface area is 171 Å². The molecule has 1 aliphatic rings. The number of benzene rings is 1. The second kappa shape index (κ2) is 8.72. The summed E-state index contributed by atoms with van der Waals surface area (Å²) in [6.45, 7) is 6.67. The first-order chi connectivity index (χ1) is 13.9. The van der Waals surface area contributed by atoms with Gasteiger partial charge in [-0.1, -0.05) is 12.1 Å². The molecule has 1 amide bonds. The van der Waals surface area contributed by atoms with Gasteiger partial charge in [0.05, 0.1) is 24.7 Å². The molecule has 6 heteroatoms. The van der Waals surface area contributed by atoms with Crippen LogP contribution >= 0.6 is 0 Å². The van der Waals surface area contributed by atoms with E-state index < -0.39 is 5.41 Å². The van der Waals surface area contributed by atoms with Gasteiger partial charge >= 0.3 is 5.97 Å². The number of piperidine rings is 1. The normalized spacial score (nSPS) is 19.1. The highest BCUT2D eigenvalue weighted by atomic mass is 16.5. The molecule has 0 saturated carbocycles. The van der Waals surface area contributed by atoms with Crippen molar-refractivity contribution in [3.8, 4) is 5.75 Å². The quantitative estimate of drug-likeness (QED) is 0.689. The van der Waals surface area contributed by atoms with Crippen molar-refractivity contribution >= 4 is 11.9 Å². The molecule has 0 radical (unpaired) electrons. The summed E-state index contributed by atoms with van der Waals surface area (Å²) >= 11 is 0. The number of carbonyl (C=O) groups is 2. The Morgan fingerprint density at radius 2 is 2.03 bits per heavy atom. The van der Waals surface area contributed by atoms with Gasteiger partial charge in [-0.2, -0.15) is 0 Å². The number of ether oxygens (including phenoxy) is 2. The van der Waals surface area contributed by atoms with Crippen LogP contribution in [-0.2, 0) is 16.0 Å². The Morgan fingerprint density at radius 3 is 2.69 bits per heavy atom. The number of methoxy groups -OCH3 is 1. The van der Waals surface area contributed by atoms with Gasteiger partial charge in [0.2, 0.25) is 0 Å². The molecule has 6 nitrogen and oxygen atoms in total. The third-order valence-corrected chi connectivity index (χ3v) is 5.52. The first kappa shape index (κ1) is 21.0. The van der Waals surface area contributed by atoms with Crippen molar-refractivity contribution in [1.82, 2.24) is 4.90 Å². The maximum absolute atomic E-state index is 13.1. The monoisotopic (exact) mass is 399 g/mol. The highest BCUT2D eigenvalue weighted by Gasteiger charge is 2.45. The van der Waals surface area contributed by atoms with Crippen LogP contribution in [0.4, 0.5) is 0 Å². The lowest BCUT2D eigenvalue weighted by Crippen LogP contribution is -2.51. The number of rotatable bonds is 6. The molecule has 0 spiro atoms. The predicted molar refractivity (Wildman–Crippen MR) is 109 cm³/mol. The van der Waals surface area contributed by atoms with Gasteiger partial charge in [0.15, 0.2) is 0 Å². The smallest absolute Gasteiger partial charge is 0.314 e. The van der Waals surface area contributed by atoms with Crippen LogP contribution in [0.5, 0.6) is 5.75 Å². The summed E-state index contributed by atoms with van der Waals surface area (Å²) in [6.07, 6.45) is 1.91. The second-order valence-electron chi connectivity index (χ2n) is 7.69. The van der Waals surface area contributed by atoms with E-state index in [9.17, 15) is 9.59 Å². The van der Waals surface area contributed by atoms with Crippen molar-refractivity contribution in [3.05, 3.63) is 53.0 Å². The van der Waals surface area contributed by atoms with E-state index in [2.05, 4.69) is 0 Å². The molecule has 1 aromatic carbocycles. The van der Waals surface area contributed by atoms with E-state index in [1.807, 2.05) is 31.2 Å². The highest BCUT2D eigenvalue weighted by Crippen LogP contribution is 2.37. The van der Waals surface area contributed by atoms with Gasteiger partial charge in [-0.15, -0.1) is 0 Å². The van der Waals surface area contributed by atoms with Crippen LogP contribution in [-0.4, -0.2) is 43.6 Å². The fraction of sp³-hybridized carbons (Fsp3) is 0.478. The van der Waals surface area contributed by atoms with E-state index in [0.29, 0.717) is 49.6 Å². The average molecular weight is 399 g/mol. The minimum atomic E-state index is -0.775. The maximum Gasteiger partial charge on any atom is 0.314 e. The van der Waals surface area contributed by atoms with Crippen molar-refractivity contribution in [3.63, 3.8) is 0 Å². The lowest BCUT2D eigenvalue weighted by atomic mass is 9.75. The first-order valence-corrected chi connectivity index (χ1v) is 10.0. The zero-order chi connectivity index (χ0) is 21.0. The second-order valence-corrected chi connectivity index (χ2v) is 7.69. The molecule has 29 heavy (non-hydrogen) atoms. The Bertz CT molecular complexity index is 887. The van der Waals surface area contributed by atoms with Crippen molar-refractivity contribution in [2.45, 2.75) is 40.0 Å². The summed E-state index contributed by atoms with van der Waals surface area (Å²) in [7, 11) is 1.62. The molecule has 2 heterocycles. The average Bonchev–Trinajstić information content (AvgIpc) is 3.05. The van der Waals surface area contributed by atoms with Gasteiger partial charge in [-0.25, -0.2) is 0 Å².